The van der Waals surface area contributed by atoms with Gasteiger partial charge < -0.3 is 20.1 Å². The third-order valence-corrected chi connectivity index (χ3v) is 4.49. The first-order valence-electron chi connectivity index (χ1n) is 9.43. The molecule has 1 heterocycles. The lowest BCUT2D eigenvalue weighted by Gasteiger charge is -2.14. The lowest BCUT2D eigenvalue weighted by atomic mass is 10.1. The van der Waals surface area contributed by atoms with E-state index < -0.39 is 11.9 Å². The average Bonchev–Trinajstić information content (AvgIpc) is 3.00. The minimum Gasteiger partial charge on any atom is -0.493 e. The maximum Gasteiger partial charge on any atom is 0.328 e. The summed E-state index contributed by atoms with van der Waals surface area (Å²) in [5.41, 5.74) is 2.38. The molecule has 0 atom stereocenters. The molecule has 1 saturated heterocycles. The monoisotopic (exact) mass is 409 g/mol. The van der Waals surface area contributed by atoms with Crippen molar-refractivity contribution in [2.24, 2.45) is 0 Å². The van der Waals surface area contributed by atoms with Crippen LogP contribution in [-0.2, 0) is 9.59 Å². The van der Waals surface area contributed by atoms with Gasteiger partial charge in [0.05, 0.1) is 7.11 Å². The fourth-order valence-electron chi connectivity index (χ4n) is 2.95. The van der Waals surface area contributed by atoms with Gasteiger partial charge in [-0.05, 0) is 38.1 Å². The summed E-state index contributed by atoms with van der Waals surface area (Å²) in [5.74, 6) is -0.0701. The Morgan fingerprint density at radius 2 is 1.90 bits per heavy atom. The van der Waals surface area contributed by atoms with Gasteiger partial charge in [-0.2, -0.15) is 0 Å². The molecule has 30 heavy (non-hydrogen) atoms. The number of urea groups is 1. The van der Waals surface area contributed by atoms with Gasteiger partial charge in [-0.25, -0.2) is 4.79 Å². The quantitative estimate of drug-likeness (QED) is 0.541. The number of nitrogens with zero attached hydrogens (tertiary/aromatic N) is 1. The minimum absolute atomic E-state index is 0.129. The molecule has 0 aliphatic carbocycles. The van der Waals surface area contributed by atoms with Gasteiger partial charge >= 0.3 is 6.03 Å². The summed E-state index contributed by atoms with van der Waals surface area (Å²) in [7, 11) is 1.48. The smallest absolute Gasteiger partial charge is 0.328 e. The molecule has 2 aromatic rings. The van der Waals surface area contributed by atoms with Crippen molar-refractivity contribution >= 4 is 29.6 Å². The van der Waals surface area contributed by atoms with Crippen molar-refractivity contribution in [2.45, 2.75) is 13.8 Å². The van der Waals surface area contributed by atoms with E-state index in [1.54, 1.807) is 37.3 Å². The van der Waals surface area contributed by atoms with Crippen LogP contribution in [0.25, 0.3) is 6.08 Å². The summed E-state index contributed by atoms with van der Waals surface area (Å²) in [6, 6.07) is 12.0. The van der Waals surface area contributed by atoms with Crippen molar-refractivity contribution in [2.75, 3.05) is 25.6 Å². The molecule has 0 bridgehead atoms. The summed E-state index contributed by atoms with van der Waals surface area (Å²) >= 11 is 0. The summed E-state index contributed by atoms with van der Waals surface area (Å²) in [4.78, 5) is 37.6. The number of ether oxygens (including phenoxy) is 2. The van der Waals surface area contributed by atoms with Crippen LogP contribution in [0.5, 0.6) is 11.5 Å². The van der Waals surface area contributed by atoms with E-state index in [4.69, 9.17) is 9.47 Å². The number of methoxy groups -OCH3 is 1. The van der Waals surface area contributed by atoms with Crippen LogP contribution in [0.3, 0.4) is 0 Å². The van der Waals surface area contributed by atoms with E-state index in [0.717, 1.165) is 10.5 Å². The predicted octanol–water partition coefficient (Wildman–Crippen LogP) is 2.93. The van der Waals surface area contributed by atoms with Crippen LogP contribution in [0, 0.1) is 6.92 Å². The Balaban J connectivity index is 1.78. The Kier molecular flexibility index (Phi) is 6.36. The van der Waals surface area contributed by atoms with E-state index in [1.165, 1.54) is 13.2 Å². The van der Waals surface area contributed by atoms with Crippen LogP contribution in [0.2, 0.25) is 0 Å². The molecule has 2 aromatic carbocycles. The molecule has 0 saturated carbocycles. The van der Waals surface area contributed by atoms with Crippen LogP contribution in [0.4, 0.5) is 10.5 Å². The van der Waals surface area contributed by atoms with E-state index in [2.05, 4.69) is 10.6 Å². The van der Waals surface area contributed by atoms with Crippen molar-refractivity contribution in [3.8, 4) is 11.5 Å². The summed E-state index contributed by atoms with van der Waals surface area (Å²) in [5, 5.41) is 5.30. The summed E-state index contributed by atoms with van der Waals surface area (Å²) in [6.45, 7) is 3.69. The van der Waals surface area contributed by atoms with Crippen molar-refractivity contribution in [3.05, 3.63) is 59.3 Å². The molecule has 3 rings (SSSR count). The second-order valence-electron chi connectivity index (χ2n) is 6.62. The van der Waals surface area contributed by atoms with E-state index in [0.29, 0.717) is 22.7 Å². The standard InChI is InChI=1S/C22H23N3O5/c1-4-25-21(27)17(24-22(25)28)12-15-6-5-7-18(29-3)20(15)30-13-19(26)23-16-10-8-14(2)9-11-16/h5-12H,4,13H2,1-3H3,(H,23,26)(H,24,28)/b17-12+. The third kappa shape index (κ3) is 4.60. The van der Waals surface area contributed by atoms with E-state index in [-0.39, 0.29) is 24.8 Å². The average molecular weight is 409 g/mol. The summed E-state index contributed by atoms with van der Waals surface area (Å²) < 4.78 is 11.1. The van der Waals surface area contributed by atoms with Gasteiger partial charge in [0.2, 0.25) is 0 Å². The number of amides is 4. The first kappa shape index (κ1) is 20.9. The van der Waals surface area contributed by atoms with Crippen molar-refractivity contribution < 1.29 is 23.9 Å². The molecule has 2 N–H and O–H groups in total. The number of para-hydroxylation sites is 1. The SMILES string of the molecule is CCN1C(=O)N/C(=C/c2cccc(OC)c2OCC(=O)Nc2ccc(C)cc2)C1=O. The largest absolute Gasteiger partial charge is 0.493 e. The molecular weight excluding hydrogens is 386 g/mol. The number of benzene rings is 2. The van der Waals surface area contributed by atoms with Gasteiger partial charge in [-0.3, -0.25) is 14.5 Å². The molecule has 156 valence electrons. The number of anilines is 1. The van der Waals surface area contributed by atoms with E-state index >= 15 is 0 Å². The topological polar surface area (TPSA) is 97.0 Å². The maximum atomic E-state index is 12.3. The van der Waals surface area contributed by atoms with Gasteiger partial charge in [0, 0.05) is 17.8 Å². The van der Waals surface area contributed by atoms with Crippen LogP contribution in [0.1, 0.15) is 18.1 Å². The molecule has 0 radical (unpaired) electrons. The molecular formula is C22H23N3O5. The number of hydrogen-bond donors (Lipinski definition) is 2. The van der Waals surface area contributed by atoms with Crippen molar-refractivity contribution in [1.82, 2.24) is 10.2 Å². The number of rotatable bonds is 7. The first-order valence-corrected chi connectivity index (χ1v) is 9.43. The van der Waals surface area contributed by atoms with Gasteiger partial charge in [0.25, 0.3) is 11.8 Å². The zero-order valence-electron chi connectivity index (χ0n) is 17.0. The maximum absolute atomic E-state index is 12.3. The van der Waals surface area contributed by atoms with Crippen molar-refractivity contribution in [1.29, 1.82) is 0 Å². The molecule has 0 spiro atoms. The molecule has 1 fully saturated rings. The lowest BCUT2D eigenvalue weighted by Crippen LogP contribution is -2.30. The van der Waals surface area contributed by atoms with Gasteiger partial charge in [0.1, 0.15) is 5.70 Å². The fraction of sp³-hybridized carbons (Fsp3) is 0.227. The van der Waals surface area contributed by atoms with E-state index in [9.17, 15) is 14.4 Å². The highest BCUT2D eigenvalue weighted by molar-refractivity contribution is 6.14. The molecule has 4 amide bonds. The molecule has 0 aromatic heterocycles. The highest BCUT2D eigenvalue weighted by atomic mass is 16.5. The number of carbonyl (C=O) groups excluding carboxylic acids is 3. The van der Waals surface area contributed by atoms with Crippen LogP contribution < -0.4 is 20.1 Å². The van der Waals surface area contributed by atoms with Crippen molar-refractivity contribution in [3.63, 3.8) is 0 Å². The zero-order chi connectivity index (χ0) is 21.7. The highest BCUT2D eigenvalue weighted by Crippen LogP contribution is 2.33. The molecule has 0 unspecified atom stereocenters. The first-order chi connectivity index (χ1) is 14.4. The Morgan fingerprint density at radius 3 is 2.53 bits per heavy atom. The fourth-order valence-corrected chi connectivity index (χ4v) is 2.95. The summed E-state index contributed by atoms with van der Waals surface area (Å²) in [6.07, 6.45) is 1.51. The van der Waals surface area contributed by atoms with E-state index in [1.807, 2.05) is 19.1 Å². The minimum atomic E-state index is -0.475. The number of likely N-dealkylation sites (N-methyl/N-ethyl adjacent to an activating group) is 1. The van der Waals surface area contributed by atoms with Gasteiger partial charge in [-0.1, -0.05) is 29.8 Å². The lowest BCUT2D eigenvalue weighted by molar-refractivity contribution is -0.122. The number of nitrogens with one attached hydrogen (secondary N) is 2. The van der Waals surface area contributed by atoms with Crippen LogP contribution >= 0.6 is 0 Å². The second kappa shape index (κ2) is 9.13. The molecule has 8 heteroatoms. The predicted molar refractivity (Wildman–Crippen MR) is 112 cm³/mol. The zero-order valence-corrected chi connectivity index (χ0v) is 17.0. The second-order valence-corrected chi connectivity index (χ2v) is 6.62. The number of aryl methyl sites for hydroxylation is 1. The van der Waals surface area contributed by atoms with Gasteiger partial charge in [-0.15, -0.1) is 0 Å². The Hall–Kier alpha value is -3.81. The Morgan fingerprint density at radius 1 is 1.17 bits per heavy atom. The number of hydrogen-bond acceptors (Lipinski definition) is 5. The Bertz CT molecular complexity index is 998. The third-order valence-electron chi connectivity index (χ3n) is 4.49. The Labute approximate surface area is 174 Å². The molecule has 8 nitrogen and oxygen atoms in total. The number of carbonyl (C=O) groups is 3. The van der Waals surface area contributed by atoms with Crippen LogP contribution in [-0.4, -0.2) is 43.0 Å². The molecule has 1 aliphatic heterocycles. The number of imide groups is 1. The van der Waals surface area contributed by atoms with Gasteiger partial charge in [0.15, 0.2) is 18.1 Å². The van der Waals surface area contributed by atoms with Crippen LogP contribution in [0.15, 0.2) is 48.2 Å². The molecule has 1 aliphatic rings. The highest BCUT2D eigenvalue weighted by Gasteiger charge is 2.32. The normalized spacial score (nSPS) is 14.6.